The van der Waals surface area contributed by atoms with E-state index in [0.717, 1.165) is 0 Å². The number of nitrogens with two attached hydrogens (primary N) is 1. The molecule has 0 fully saturated rings. The summed E-state index contributed by atoms with van der Waals surface area (Å²) in [5.41, 5.74) is 6.16. The van der Waals surface area contributed by atoms with Crippen LogP contribution in [0.3, 0.4) is 0 Å². The van der Waals surface area contributed by atoms with Crippen molar-refractivity contribution in [1.29, 1.82) is 5.26 Å². The molecule has 0 radical (unpaired) electrons. The highest BCUT2D eigenvalue weighted by Gasteiger charge is 2.19. The fraction of sp³-hybridized carbons (Fsp3) is 0.235. The summed E-state index contributed by atoms with van der Waals surface area (Å²) >= 11 is 6.17. The maximum absolute atomic E-state index is 12.8. The zero-order valence-corrected chi connectivity index (χ0v) is 14.9. The highest BCUT2D eigenvalue weighted by atomic mass is 35.5. The molecule has 2 heterocycles. The second-order valence-electron chi connectivity index (χ2n) is 5.62. The van der Waals surface area contributed by atoms with Gasteiger partial charge in [0, 0.05) is 6.54 Å². The van der Waals surface area contributed by atoms with Crippen molar-refractivity contribution in [3.63, 3.8) is 0 Å². The fourth-order valence-electron chi connectivity index (χ4n) is 2.73. The van der Waals surface area contributed by atoms with E-state index in [2.05, 4.69) is 20.3 Å². The van der Waals surface area contributed by atoms with E-state index in [4.69, 9.17) is 17.3 Å². The van der Waals surface area contributed by atoms with E-state index in [9.17, 15) is 10.1 Å². The molecule has 8 nitrogen and oxygen atoms in total. The van der Waals surface area contributed by atoms with E-state index in [1.165, 1.54) is 6.20 Å². The van der Waals surface area contributed by atoms with Gasteiger partial charge in [-0.3, -0.25) is 9.36 Å². The molecule has 0 aliphatic rings. The van der Waals surface area contributed by atoms with E-state index >= 15 is 0 Å². The van der Waals surface area contributed by atoms with Gasteiger partial charge in [0.1, 0.15) is 23.3 Å². The number of nitrogens with one attached hydrogen (secondary N) is 1. The molecule has 9 heteroatoms. The van der Waals surface area contributed by atoms with Crippen molar-refractivity contribution in [3.05, 3.63) is 51.2 Å². The lowest BCUT2D eigenvalue weighted by atomic mass is 10.2. The molecule has 3 rings (SSSR count). The number of nitrogen functional groups attached to an aromatic ring is 1. The van der Waals surface area contributed by atoms with Crippen molar-refractivity contribution in [2.75, 3.05) is 11.1 Å². The van der Waals surface area contributed by atoms with Crippen LogP contribution in [-0.2, 0) is 6.54 Å². The first-order valence-electron chi connectivity index (χ1n) is 7.94. The summed E-state index contributed by atoms with van der Waals surface area (Å²) in [4.78, 5) is 25.3. The van der Waals surface area contributed by atoms with Gasteiger partial charge in [0.05, 0.1) is 28.2 Å². The molecule has 0 spiro atoms. The highest BCUT2D eigenvalue weighted by molar-refractivity contribution is 6.35. The van der Waals surface area contributed by atoms with Gasteiger partial charge >= 0.3 is 0 Å². The molecular formula is C17H16ClN7O. The van der Waals surface area contributed by atoms with Crippen LogP contribution in [0.25, 0.3) is 10.9 Å². The van der Waals surface area contributed by atoms with E-state index in [0.29, 0.717) is 28.3 Å². The van der Waals surface area contributed by atoms with Crippen molar-refractivity contribution in [2.24, 2.45) is 0 Å². The molecule has 0 saturated carbocycles. The van der Waals surface area contributed by atoms with Gasteiger partial charge < -0.3 is 11.1 Å². The average Bonchev–Trinajstić information content (AvgIpc) is 2.61. The van der Waals surface area contributed by atoms with Crippen molar-refractivity contribution < 1.29 is 0 Å². The third kappa shape index (κ3) is 3.05. The number of aromatic nitrogens is 4. The maximum Gasteiger partial charge on any atom is 0.262 e. The van der Waals surface area contributed by atoms with Gasteiger partial charge in [0.2, 0.25) is 5.95 Å². The van der Waals surface area contributed by atoms with Crippen LogP contribution in [-0.4, -0.2) is 19.5 Å². The summed E-state index contributed by atoms with van der Waals surface area (Å²) in [5, 5.41) is 13.1. The lowest BCUT2D eigenvalue weighted by Crippen LogP contribution is -2.28. The minimum Gasteiger partial charge on any atom is -0.368 e. The summed E-state index contributed by atoms with van der Waals surface area (Å²) in [6.07, 6.45) is 1.35. The van der Waals surface area contributed by atoms with Crippen molar-refractivity contribution >= 4 is 34.3 Å². The summed E-state index contributed by atoms with van der Waals surface area (Å²) in [7, 11) is 0. The van der Waals surface area contributed by atoms with Crippen LogP contribution in [0.5, 0.6) is 0 Å². The predicted molar refractivity (Wildman–Crippen MR) is 99.9 cm³/mol. The number of rotatable bonds is 4. The molecule has 0 bridgehead atoms. The first-order valence-corrected chi connectivity index (χ1v) is 8.32. The van der Waals surface area contributed by atoms with Crippen molar-refractivity contribution in [2.45, 2.75) is 26.4 Å². The Labute approximate surface area is 154 Å². The van der Waals surface area contributed by atoms with Gasteiger partial charge in [-0.25, -0.2) is 9.97 Å². The van der Waals surface area contributed by atoms with Crippen molar-refractivity contribution in [3.8, 4) is 6.07 Å². The molecule has 1 unspecified atom stereocenters. The number of hydrogen-bond donors (Lipinski definition) is 2. The van der Waals surface area contributed by atoms with Crippen LogP contribution in [0, 0.1) is 11.3 Å². The standard InChI is InChI=1S/C17H16ClN7O/c1-3-25-15(23-12-6-4-5-11(18)13(12)16(25)26)9(2)22-14-10(7-19)8-21-17(20)24-14/h4-6,8-9H,3H2,1-2H3,(H3,20,21,22,24). The zero-order valence-electron chi connectivity index (χ0n) is 14.2. The lowest BCUT2D eigenvalue weighted by molar-refractivity contribution is 0.622. The maximum atomic E-state index is 12.8. The Morgan fingerprint density at radius 1 is 1.42 bits per heavy atom. The van der Waals surface area contributed by atoms with Crippen LogP contribution < -0.4 is 16.6 Å². The van der Waals surface area contributed by atoms with Gasteiger partial charge in [-0.15, -0.1) is 0 Å². The Hall–Kier alpha value is -3.18. The quantitative estimate of drug-likeness (QED) is 0.724. The zero-order chi connectivity index (χ0) is 18.8. The van der Waals surface area contributed by atoms with Gasteiger partial charge in [-0.2, -0.15) is 10.2 Å². The molecule has 0 aliphatic carbocycles. The first-order chi connectivity index (χ1) is 12.5. The Morgan fingerprint density at radius 3 is 2.88 bits per heavy atom. The highest BCUT2D eigenvalue weighted by Crippen LogP contribution is 2.23. The molecule has 3 N–H and O–H groups in total. The molecule has 26 heavy (non-hydrogen) atoms. The molecule has 0 saturated heterocycles. The second-order valence-corrected chi connectivity index (χ2v) is 6.03. The molecule has 1 atom stereocenters. The number of nitriles is 1. The topological polar surface area (TPSA) is 123 Å². The minimum absolute atomic E-state index is 0.0461. The molecule has 1 aromatic carbocycles. The van der Waals surface area contributed by atoms with Crippen molar-refractivity contribution in [1.82, 2.24) is 19.5 Å². The van der Waals surface area contributed by atoms with Gasteiger partial charge in [0.15, 0.2) is 0 Å². The Morgan fingerprint density at radius 2 is 2.19 bits per heavy atom. The average molecular weight is 370 g/mol. The number of nitrogens with zero attached hydrogens (tertiary/aromatic N) is 5. The molecule has 0 aliphatic heterocycles. The minimum atomic E-state index is -0.410. The number of hydrogen-bond acceptors (Lipinski definition) is 7. The SMILES string of the molecule is CCn1c(C(C)Nc2nc(N)ncc2C#N)nc2cccc(Cl)c2c1=O. The third-order valence-electron chi connectivity index (χ3n) is 3.95. The number of benzene rings is 1. The van der Waals surface area contributed by atoms with E-state index < -0.39 is 6.04 Å². The Bertz CT molecular complexity index is 1090. The van der Waals surface area contributed by atoms with Gasteiger partial charge in [0.25, 0.3) is 5.56 Å². The third-order valence-corrected chi connectivity index (χ3v) is 4.26. The molecule has 3 aromatic rings. The summed E-state index contributed by atoms with van der Waals surface area (Å²) < 4.78 is 1.54. The van der Waals surface area contributed by atoms with E-state index in [1.807, 2.05) is 19.9 Å². The largest absolute Gasteiger partial charge is 0.368 e. The molecule has 0 amide bonds. The lowest BCUT2D eigenvalue weighted by Gasteiger charge is -2.19. The predicted octanol–water partition coefficient (Wildman–Crippen LogP) is 2.49. The molecule has 132 valence electrons. The second kappa shape index (κ2) is 6.98. The summed E-state index contributed by atoms with van der Waals surface area (Å²) in [6, 6.07) is 6.74. The normalized spacial score (nSPS) is 11.9. The van der Waals surface area contributed by atoms with Crippen LogP contribution in [0.1, 0.15) is 31.3 Å². The number of fused-ring (bicyclic) bond motifs is 1. The Kier molecular flexibility index (Phi) is 4.73. The molecule has 2 aromatic heterocycles. The number of halogens is 1. The number of anilines is 2. The van der Waals surface area contributed by atoms with Crippen LogP contribution >= 0.6 is 11.6 Å². The smallest absolute Gasteiger partial charge is 0.262 e. The van der Waals surface area contributed by atoms with Crippen LogP contribution in [0.2, 0.25) is 5.02 Å². The van der Waals surface area contributed by atoms with E-state index in [1.54, 1.807) is 22.8 Å². The summed E-state index contributed by atoms with van der Waals surface area (Å²) in [6.45, 7) is 4.10. The first kappa shape index (κ1) is 17.6. The van der Waals surface area contributed by atoms with Gasteiger partial charge in [-0.1, -0.05) is 17.7 Å². The van der Waals surface area contributed by atoms with E-state index in [-0.39, 0.29) is 22.9 Å². The Balaban J connectivity index is 2.12. The summed E-state index contributed by atoms with van der Waals surface area (Å²) in [5.74, 6) is 0.841. The van der Waals surface area contributed by atoms with Gasteiger partial charge in [-0.05, 0) is 26.0 Å². The molecular weight excluding hydrogens is 354 g/mol. The fourth-order valence-corrected chi connectivity index (χ4v) is 2.98. The van der Waals surface area contributed by atoms with Crippen LogP contribution in [0.4, 0.5) is 11.8 Å². The van der Waals surface area contributed by atoms with Crippen LogP contribution in [0.15, 0.2) is 29.2 Å². The monoisotopic (exact) mass is 369 g/mol.